The number of para-hydroxylation sites is 1. The van der Waals surface area contributed by atoms with Crippen LogP contribution >= 0.6 is 0 Å². The summed E-state index contributed by atoms with van der Waals surface area (Å²) in [6, 6.07) is 6.56. The van der Waals surface area contributed by atoms with Crippen LogP contribution in [0.4, 0.5) is 11.4 Å². The molecule has 1 fully saturated rings. The summed E-state index contributed by atoms with van der Waals surface area (Å²) < 4.78 is 5.26. The van der Waals surface area contributed by atoms with Crippen LogP contribution in [-0.4, -0.2) is 49.2 Å². The van der Waals surface area contributed by atoms with Crippen molar-refractivity contribution in [2.24, 2.45) is 0 Å². The van der Waals surface area contributed by atoms with E-state index in [1.165, 1.54) is 6.07 Å². The molecule has 7 heteroatoms. The molecule has 1 aromatic rings. The van der Waals surface area contributed by atoms with Gasteiger partial charge in [0, 0.05) is 26.2 Å². The van der Waals surface area contributed by atoms with Crippen molar-refractivity contribution in [1.82, 2.24) is 4.90 Å². The average molecular weight is 276 g/mol. The van der Waals surface area contributed by atoms with Gasteiger partial charge in [-0.05, 0) is 12.1 Å². The van der Waals surface area contributed by atoms with Gasteiger partial charge in [0.25, 0.3) is 0 Å². The van der Waals surface area contributed by atoms with Crippen molar-refractivity contribution in [2.45, 2.75) is 0 Å². The minimum absolute atomic E-state index is 0.0753. The maximum absolute atomic E-state index is 11.1. The van der Waals surface area contributed by atoms with Gasteiger partial charge in [0.05, 0.1) is 18.1 Å². The van der Waals surface area contributed by atoms with Crippen molar-refractivity contribution in [1.29, 1.82) is 5.26 Å². The van der Waals surface area contributed by atoms with Crippen molar-refractivity contribution >= 4 is 11.4 Å². The molecule has 7 nitrogen and oxygen atoms in total. The fourth-order valence-electron chi connectivity index (χ4n) is 2.15. The van der Waals surface area contributed by atoms with Crippen LogP contribution in [0.25, 0.3) is 0 Å². The van der Waals surface area contributed by atoms with E-state index < -0.39 is 4.92 Å². The Morgan fingerprint density at radius 3 is 2.85 bits per heavy atom. The van der Waals surface area contributed by atoms with Gasteiger partial charge < -0.3 is 10.1 Å². The molecule has 1 aliphatic heterocycles. The molecule has 0 aromatic heterocycles. The molecular weight excluding hydrogens is 260 g/mol. The minimum Gasteiger partial charge on any atom is -0.379 e. The average Bonchev–Trinajstić information content (AvgIpc) is 2.47. The zero-order valence-electron chi connectivity index (χ0n) is 11.0. The highest BCUT2D eigenvalue weighted by molar-refractivity contribution is 5.68. The Balaban J connectivity index is 1.98. The Labute approximate surface area is 116 Å². The quantitative estimate of drug-likeness (QED) is 0.642. The normalized spacial score (nSPS) is 15.6. The summed E-state index contributed by atoms with van der Waals surface area (Å²) in [6.07, 6.45) is 0. The van der Waals surface area contributed by atoms with Crippen molar-refractivity contribution in [3.05, 3.63) is 33.9 Å². The predicted octanol–water partition coefficient (Wildman–Crippen LogP) is 1.21. The number of benzene rings is 1. The van der Waals surface area contributed by atoms with Crippen LogP contribution in [0.5, 0.6) is 0 Å². The van der Waals surface area contributed by atoms with Crippen LogP contribution in [0.1, 0.15) is 5.56 Å². The molecule has 1 heterocycles. The van der Waals surface area contributed by atoms with Gasteiger partial charge in [0.2, 0.25) is 0 Å². The molecule has 0 radical (unpaired) electrons. The summed E-state index contributed by atoms with van der Waals surface area (Å²) in [4.78, 5) is 12.8. The van der Waals surface area contributed by atoms with Crippen LogP contribution in [0, 0.1) is 21.4 Å². The second-order valence-electron chi connectivity index (χ2n) is 4.45. The Kier molecular flexibility index (Phi) is 4.87. The Bertz CT molecular complexity index is 521. The number of morpholine rings is 1. The van der Waals surface area contributed by atoms with E-state index in [1.54, 1.807) is 12.1 Å². The smallest absolute Gasteiger partial charge is 0.309 e. The zero-order valence-corrected chi connectivity index (χ0v) is 11.0. The molecule has 0 aliphatic carbocycles. The third kappa shape index (κ3) is 3.44. The molecule has 20 heavy (non-hydrogen) atoms. The van der Waals surface area contributed by atoms with E-state index in [0.29, 0.717) is 12.2 Å². The van der Waals surface area contributed by atoms with Gasteiger partial charge in [-0.1, -0.05) is 6.07 Å². The number of hydrogen-bond acceptors (Lipinski definition) is 6. The van der Waals surface area contributed by atoms with Gasteiger partial charge in [-0.2, -0.15) is 5.26 Å². The Morgan fingerprint density at radius 2 is 2.20 bits per heavy atom. The second kappa shape index (κ2) is 6.84. The number of rotatable bonds is 5. The van der Waals surface area contributed by atoms with Gasteiger partial charge in [-0.3, -0.25) is 15.0 Å². The molecule has 2 rings (SSSR count). The first kappa shape index (κ1) is 14.2. The van der Waals surface area contributed by atoms with Crippen molar-refractivity contribution in [2.75, 3.05) is 44.7 Å². The summed E-state index contributed by atoms with van der Waals surface area (Å²) in [5.41, 5.74) is 0.311. The molecule has 1 aromatic carbocycles. The molecule has 0 spiro atoms. The molecule has 106 valence electrons. The highest BCUT2D eigenvalue weighted by Gasteiger charge is 2.19. The Hall–Kier alpha value is -2.17. The van der Waals surface area contributed by atoms with E-state index in [9.17, 15) is 10.1 Å². The first-order valence-corrected chi connectivity index (χ1v) is 6.44. The number of hydrogen-bond donors (Lipinski definition) is 1. The molecular formula is C13H16N4O3. The van der Waals surface area contributed by atoms with Crippen molar-refractivity contribution in [3.8, 4) is 6.07 Å². The first-order valence-electron chi connectivity index (χ1n) is 6.44. The maximum Gasteiger partial charge on any atom is 0.309 e. The molecule has 1 aliphatic rings. The van der Waals surface area contributed by atoms with Gasteiger partial charge in [0.15, 0.2) is 0 Å². The number of nitro benzene ring substituents is 1. The monoisotopic (exact) mass is 276 g/mol. The standard InChI is InChI=1S/C13H16N4O3/c14-10-11-2-1-3-12(13(11)17(18)19)15-4-5-16-6-8-20-9-7-16/h1-3,15H,4-9H2. The molecule has 0 amide bonds. The summed E-state index contributed by atoms with van der Waals surface area (Å²) in [5, 5.41) is 23.0. The fourth-order valence-corrected chi connectivity index (χ4v) is 2.15. The minimum atomic E-state index is -0.518. The number of ether oxygens (including phenoxy) is 1. The third-order valence-corrected chi connectivity index (χ3v) is 3.19. The number of anilines is 1. The third-order valence-electron chi connectivity index (χ3n) is 3.19. The highest BCUT2D eigenvalue weighted by atomic mass is 16.6. The van der Waals surface area contributed by atoms with Crippen LogP contribution in [0.15, 0.2) is 18.2 Å². The fraction of sp³-hybridized carbons (Fsp3) is 0.462. The van der Waals surface area contributed by atoms with E-state index in [1.807, 2.05) is 6.07 Å². The van der Waals surface area contributed by atoms with E-state index in [2.05, 4.69) is 10.2 Å². The number of nitriles is 1. The largest absolute Gasteiger partial charge is 0.379 e. The van der Waals surface area contributed by atoms with E-state index >= 15 is 0 Å². The number of nitrogens with one attached hydrogen (secondary N) is 1. The van der Waals surface area contributed by atoms with Gasteiger partial charge >= 0.3 is 5.69 Å². The van der Waals surface area contributed by atoms with Crippen LogP contribution in [0.3, 0.4) is 0 Å². The lowest BCUT2D eigenvalue weighted by molar-refractivity contribution is -0.384. The molecule has 0 unspecified atom stereocenters. The van der Waals surface area contributed by atoms with E-state index in [0.717, 1.165) is 32.8 Å². The Morgan fingerprint density at radius 1 is 1.45 bits per heavy atom. The van der Waals surface area contributed by atoms with E-state index in [4.69, 9.17) is 10.00 Å². The first-order chi connectivity index (χ1) is 9.72. The molecule has 1 saturated heterocycles. The molecule has 0 atom stereocenters. The van der Waals surface area contributed by atoms with Crippen molar-refractivity contribution < 1.29 is 9.66 Å². The van der Waals surface area contributed by atoms with Gasteiger partial charge in [-0.25, -0.2) is 0 Å². The van der Waals surface area contributed by atoms with Crippen LogP contribution in [0.2, 0.25) is 0 Å². The highest BCUT2D eigenvalue weighted by Crippen LogP contribution is 2.27. The lowest BCUT2D eigenvalue weighted by atomic mass is 10.1. The zero-order chi connectivity index (χ0) is 14.4. The summed E-state index contributed by atoms with van der Waals surface area (Å²) in [5.74, 6) is 0. The topological polar surface area (TPSA) is 91.4 Å². The lowest BCUT2D eigenvalue weighted by Gasteiger charge is -2.26. The summed E-state index contributed by atoms with van der Waals surface area (Å²) >= 11 is 0. The molecule has 0 bridgehead atoms. The SMILES string of the molecule is N#Cc1cccc(NCCN2CCOCC2)c1[N+](=O)[O-]. The van der Waals surface area contributed by atoms with Gasteiger partial charge in [0.1, 0.15) is 17.3 Å². The maximum atomic E-state index is 11.1. The number of nitro groups is 1. The van der Waals surface area contributed by atoms with E-state index in [-0.39, 0.29) is 11.3 Å². The van der Waals surface area contributed by atoms with Crippen LogP contribution < -0.4 is 5.32 Å². The number of nitrogens with zero attached hydrogens (tertiary/aromatic N) is 3. The lowest BCUT2D eigenvalue weighted by Crippen LogP contribution is -2.39. The van der Waals surface area contributed by atoms with Gasteiger partial charge in [-0.15, -0.1) is 0 Å². The summed E-state index contributed by atoms with van der Waals surface area (Å²) in [7, 11) is 0. The molecule has 0 saturated carbocycles. The van der Waals surface area contributed by atoms with Crippen molar-refractivity contribution in [3.63, 3.8) is 0 Å². The van der Waals surface area contributed by atoms with Crippen LogP contribution in [-0.2, 0) is 4.74 Å². The summed E-state index contributed by atoms with van der Waals surface area (Å²) in [6.45, 7) is 4.59. The predicted molar refractivity (Wildman–Crippen MR) is 73.6 cm³/mol. The molecule has 1 N–H and O–H groups in total. The second-order valence-corrected chi connectivity index (χ2v) is 4.45.